The van der Waals surface area contributed by atoms with Gasteiger partial charge in [0.05, 0.1) is 5.52 Å². The quantitative estimate of drug-likeness (QED) is 0.465. The summed E-state index contributed by atoms with van der Waals surface area (Å²) in [5.74, 6) is 0.296. The van der Waals surface area contributed by atoms with Gasteiger partial charge in [0.15, 0.2) is 5.78 Å². The number of amides is 3. The molecule has 6 rings (SSSR count). The molecule has 1 saturated heterocycles. The molecule has 0 unspecified atom stereocenters. The molecule has 1 saturated carbocycles. The zero-order valence-electron chi connectivity index (χ0n) is 24.5. The SMILES string of the molecule is CNC(=O)[C@@H]1C[C@]23CNC(=O)CCCCCCc4cc(-c5cnc(C)nc5)cc5c(C(C)=O)cn(c45)CC(=O)N1[C@@H]2C3. The smallest absolute Gasteiger partial charge is 0.243 e. The standard InChI is InChI=1S/C32H38N6O4/c1-19(39)25-16-37-17-29(41)38-26(31(42)33-3)12-32(13-27(32)38)18-36-28(40)9-7-5-4-6-8-21-10-22(11-24(25)30(21)37)23-14-34-20(2)35-15-23/h10-11,14-16,26-27H,4-9,12-13,17-18H2,1-3H3,(H,33,42)(H,36,40)/t26-,27+,32-/m0/s1. The highest BCUT2D eigenvalue weighted by atomic mass is 16.2. The first kappa shape index (κ1) is 28.1. The summed E-state index contributed by atoms with van der Waals surface area (Å²) in [6.45, 7) is 3.89. The molecule has 0 spiro atoms. The Labute approximate surface area is 245 Å². The number of carbonyl (C=O) groups excluding carboxylic acids is 4. The predicted octanol–water partition coefficient (Wildman–Crippen LogP) is 3.34. The number of nitrogens with one attached hydrogen (secondary N) is 2. The van der Waals surface area contributed by atoms with Crippen LogP contribution in [-0.2, 0) is 27.3 Å². The molecule has 4 heterocycles. The van der Waals surface area contributed by atoms with Crippen LogP contribution < -0.4 is 10.6 Å². The van der Waals surface area contributed by atoms with Gasteiger partial charge < -0.3 is 20.1 Å². The number of nitrogens with zero attached hydrogens (tertiary/aromatic N) is 4. The third-order valence-electron chi connectivity index (χ3n) is 9.34. The molecule has 2 aliphatic heterocycles. The van der Waals surface area contributed by atoms with E-state index in [9.17, 15) is 19.2 Å². The zero-order valence-corrected chi connectivity index (χ0v) is 24.5. The summed E-state index contributed by atoms with van der Waals surface area (Å²) < 4.78 is 1.91. The van der Waals surface area contributed by atoms with Gasteiger partial charge in [-0.2, -0.15) is 0 Å². The summed E-state index contributed by atoms with van der Waals surface area (Å²) in [4.78, 5) is 62.9. The van der Waals surface area contributed by atoms with Crippen LogP contribution in [0.15, 0.2) is 30.7 Å². The maximum absolute atomic E-state index is 14.0. The Balaban J connectivity index is 1.44. The number of aryl methyl sites for hydroxylation is 2. The van der Waals surface area contributed by atoms with E-state index >= 15 is 0 Å². The molecule has 3 aliphatic rings. The molecule has 42 heavy (non-hydrogen) atoms. The Morgan fingerprint density at radius 2 is 1.76 bits per heavy atom. The molecular weight excluding hydrogens is 532 g/mol. The Kier molecular flexibility index (Phi) is 7.32. The Hall–Kier alpha value is -4.08. The summed E-state index contributed by atoms with van der Waals surface area (Å²) >= 11 is 0. The summed E-state index contributed by atoms with van der Waals surface area (Å²) in [5, 5.41) is 6.62. The zero-order chi connectivity index (χ0) is 29.6. The van der Waals surface area contributed by atoms with Crippen molar-refractivity contribution in [3.05, 3.63) is 47.7 Å². The van der Waals surface area contributed by atoms with Crippen molar-refractivity contribution in [1.82, 2.24) is 30.1 Å². The molecule has 3 atom stereocenters. The van der Waals surface area contributed by atoms with Gasteiger partial charge in [0.1, 0.15) is 18.4 Å². The van der Waals surface area contributed by atoms with Crippen molar-refractivity contribution in [1.29, 1.82) is 0 Å². The number of carbonyl (C=O) groups is 4. The highest BCUT2D eigenvalue weighted by Crippen LogP contribution is 2.59. The fraction of sp³-hybridized carbons (Fsp3) is 0.500. The first-order chi connectivity index (χ1) is 20.2. The highest BCUT2D eigenvalue weighted by Gasteiger charge is 2.66. The maximum atomic E-state index is 14.0. The van der Waals surface area contributed by atoms with Gasteiger partial charge in [0.25, 0.3) is 0 Å². The first-order valence-corrected chi connectivity index (χ1v) is 15.0. The molecule has 2 fully saturated rings. The van der Waals surface area contributed by atoms with E-state index in [0.717, 1.165) is 66.1 Å². The van der Waals surface area contributed by atoms with Gasteiger partial charge in [-0.3, -0.25) is 19.2 Å². The molecule has 0 radical (unpaired) electrons. The minimum atomic E-state index is -0.584. The lowest BCUT2D eigenvalue weighted by atomic mass is 9.96. The number of hydrogen-bond donors (Lipinski definition) is 2. The van der Waals surface area contributed by atoms with Crippen LogP contribution in [0.5, 0.6) is 0 Å². The molecule has 1 aliphatic carbocycles. The minimum Gasteiger partial charge on any atom is -0.357 e. The monoisotopic (exact) mass is 570 g/mol. The van der Waals surface area contributed by atoms with Crippen molar-refractivity contribution >= 4 is 34.4 Å². The van der Waals surface area contributed by atoms with Gasteiger partial charge >= 0.3 is 0 Å². The van der Waals surface area contributed by atoms with E-state index in [1.54, 1.807) is 37.5 Å². The molecular formula is C32H38N6O4. The van der Waals surface area contributed by atoms with Crippen LogP contribution in [0.2, 0.25) is 0 Å². The van der Waals surface area contributed by atoms with Crippen LogP contribution in [0.1, 0.15) is 73.6 Å². The lowest BCUT2D eigenvalue weighted by Gasteiger charge is -2.26. The van der Waals surface area contributed by atoms with Gasteiger partial charge in [-0.05, 0) is 69.2 Å². The van der Waals surface area contributed by atoms with Gasteiger partial charge in [0, 0.05) is 66.6 Å². The highest BCUT2D eigenvalue weighted by molar-refractivity contribution is 6.09. The molecule has 10 nitrogen and oxygen atoms in total. The summed E-state index contributed by atoms with van der Waals surface area (Å²) in [7, 11) is 1.59. The van der Waals surface area contributed by atoms with Crippen LogP contribution >= 0.6 is 0 Å². The first-order valence-electron chi connectivity index (χ1n) is 15.0. The molecule has 220 valence electrons. The number of hydrogen-bond acceptors (Lipinski definition) is 6. The molecule has 2 N–H and O–H groups in total. The van der Waals surface area contributed by atoms with Crippen molar-refractivity contribution in [2.75, 3.05) is 13.6 Å². The number of benzene rings is 1. The van der Waals surface area contributed by atoms with Crippen molar-refractivity contribution in [3.63, 3.8) is 0 Å². The fourth-order valence-corrected chi connectivity index (χ4v) is 7.01. The van der Waals surface area contributed by atoms with Crippen LogP contribution in [0.25, 0.3) is 22.0 Å². The molecule has 3 amide bonds. The van der Waals surface area contributed by atoms with E-state index in [1.165, 1.54) is 0 Å². The van der Waals surface area contributed by atoms with Gasteiger partial charge in [-0.1, -0.05) is 12.8 Å². The normalized spacial score (nSPS) is 24.6. The minimum absolute atomic E-state index is 0.0240. The van der Waals surface area contributed by atoms with Gasteiger partial charge in [0.2, 0.25) is 17.7 Å². The third-order valence-corrected chi connectivity index (χ3v) is 9.34. The number of ketones is 1. The summed E-state index contributed by atoms with van der Waals surface area (Å²) in [5.41, 5.74) is 4.02. The molecule has 2 aromatic heterocycles. The lowest BCUT2D eigenvalue weighted by Crippen LogP contribution is -2.48. The summed E-state index contributed by atoms with van der Waals surface area (Å²) in [6.07, 6.45) is 11.6. The third kappa shape index (κ3) is 5.07. The average Bonchev–Trinajstić information content (AvgIpc) is 3.38. The van der Waals surface area contributed by atoms with Crippen molar-refractivity contribution in [2.24, 2.45) is 5.41 Å². The number of Topliss-reactive ketones (excluding diaryl/α,β-unsaturated/α-hetero) is 1. The lowest BCUT2D eigenvalue weighted by molar-refractivity contribution is -0.140. The fourth-order valence-electron chi connectivity index (χ4n) is 7.01. The maximum Gasteiger partial charge on any atom is 0.243 e. The number of piperidine rings is 1. The van der Waals surface area contributed by atoms with Crippen molar-refractivity contribution in [3.8, 4) is 11.1 Å². The Morgan fingerprint density at radius 3 is 2.48 bits per heavy atom. The summed E-state index contributed by atoms with van der Waals surface area (Å²) in [6, 6.07) is 3.45. The van der Waals surface area contributed by atoms with Crippen LogP contribution in [0, 0.1) is 12.3 Å². The average molecular weight is 571 g/mol. The van der Waals surface area contributed by atoms with E-state index in [0.29, 0.717) is 30.8 Å². The van der Waals surface area contributed by atoms with E-state index < -0.39 is 6.04 Å². The largest absolute Gasteiger partial charge is 0.357 e. The van der Waals surface area contributed by atoms with E-state index in [-0.39, 0.29) is 41.5 Å². The Morgan fingerprint density at radius 1 is 1.02 bits per heavy atom. The van der Waals surface area contributed by atoms with Gasteiger partial charge in [-0.25, -0.2) is 9.97 Å². The predicted molar refractivity (Wildman–Crippen MR) is 158 cm³/mol. The van der Waals surface area contributed by atoms with Crippen molar-refractivity contribution in [2.45, 2.75) is 83.8 Å². The van der Waals surface area contributed by atoms with Crippen LogP contribution in [0.4, 0.5) is 0 Å². The second kappa shape index (κ2) is 11.0. The van der Waals surface area contributed by atoms with Gasteiger partial charge in [-0.15, -0.1) is 0 Å². The topological polar surface area (TPSA) is 126 Å². The van der Waals surface area contributed by atoms with E-state index in [4.69, 9.17) is 0 Å². The molecule has 3 aromatic rings. The molecule has 1 aromatic carbocycles. The molecule has 10 heteroatoms. The number of likely N-dealkylation sites (N-methyl/N-ethyl adjacent to an activating group) is 1. The van der Waals surface area contributed by atoms with Crippen LogP contribution in [0.3, 0.4) is 0 Å². The van der Waals surface area contributed by atoms with E-state index in [2.05, 4.69) is 26.7 Å². The van der Waals surface area contributed by atoms with Crippen molar-refractivity contribution < 1.29 is 19.2 Å². The van der Waals surface area contributed by atoms with E-state index in [1.807, 2.05) is 17.6 Å². The number of rotatable bonds is 3. The Bertz CT molecular complexity index is 1580. The molecule has 2 bridgehead atoms. The van der Waals surface area contributed by atoms with Crippen LogP contribution in [-0.4, -0.2) is 68.6 Å². The second-order valence-electron chi connectivity index (χ2n) is 12.2. The number of aromatic nitrogens is 3. The second-order valence-corrected chi connectivity index (χ2v) is 12.2.